The van der Waals surface area contributed by atoms with Crippen LogP contribution in [0.15, 0.2) is 0 Å². The lowest BCUT2D eigenvalue weighted by Gasteiger charge is -2.30. The summed E-state index contributed by atoms with van der Waals surface area (Å²) in [5.41, 5.74) is 5.82. The fourth-order valence-corrected chi connectivity index (χ4v) is 2.33. The average molecular weight is 225 g/mol. The normalized spacial score (nSPS) is 24.1. The van der Waals surface area contributed by atoms with Crippen LogP contribution in [0.2, 0.25) is 0 Å². The Kier molecular flexibility index (Phi) is 4.18. The van der Waals surface area contributed by atoms with Crippen LogP contribution in [0.4, 0.5) is 0 Å². The van der Waals surface area contributed by atoms with Crippen molar-refractivity contribution in [3.63, 3.8) is 0 Å². The Labute approximate surface area is 97.6 Å². The molecule has 0 aromatic carbocycles. The molecule has 0 spiro atoms. The second-order valence-electron chi connectivity index (χ2n) is 5.21. The standard InChI is InChI=1S/C12H23N3O/c13-11-4-6-15(7-5-11)9-12(16)14-8-10-2-1-3-10/h10-11H,1-9,13H2,(H,14,16). The molecule has 1 saturated heterocycles. The molecular formula is C12H23N3O. The summed E-state index contributed by atoms with van der Waals surface area (Å²) in [6.45, 7) is 3.38. The highest BCUT2D eigenvalue weighted by Gasteiger charge is 2.20. The zero-order valence-corrected chi connectivity index (χ0v) is 9.95. The van der Waals surface area contributed by atoms with E-state index in [0.29, 0.717) is 12.6 Å². The molecule has 0 radical (unpaired) electrons. The number of piperidine rings is 1. The van der Waals surface area contributed by atoms with E-state index in [1.54, 1.807) is 0 Å². The molecule has 0 bridgehead atoms. The summed E-state index contributed by atoms with van der Waals surface area (Å²) < 4.78 is 0. The fraction of sp³-hybridized carbons (Fsp3) is 0.917. The quantitative estimate of drug-likeness (QED) is 0.725. The Morgan fingerprint density at radius 2 is 1.94 bits per heavy atom. The third-order valence-electron chi connectivity index (χ3n) is 3.81. The maximum absolute atomic E-state index is 11.7. The smallest absolute Gasteiger partial charge is 0.234 e. The lowest BCUT2D eigenvalue weighted by atomic mass is 9.85. The molecular weight excluding hydrogens is 202 g/mol. The highest BCUT2D eigenvalue weighted by molar-refractivity contribution is 5.78. The maximum Gasteiger partial charge on any atom is 0.234 e. The van der Waals surface area contributed by atoms with Crippen molar-refractivity contribution in [2.75, 3.05) is 26.2 Å². The molecule has 0 aromatic rings. The summed E-state index contributed by atoms with van der Waals surface area (Å²) in [4.78, 5) is 13.9. The van der Waals surface area contributed by atoms with Gasteiger partial charge in [0.05, 0.1) is 6.54 Å². The van der Waals surface area contributed by atoms with Gasteiger partial charge in [-0.1, -0.05) is 6.42 Å². The Bertz CT molecular complexity index is 232. The molecule has 2 aliphatic rings. The molecule has 4 nitrogen and oxygen atoms in total. The van der Waals surface area contributed by atoms with Crippen molar-refractivity contribution in [1.29, 1.82) is 0 Å². The van der Waals surface area contributed by atoms with Crippen molar-refractivity contribution >= 4 is 5.91 Å². The van der Waals surface area contributed by atoms with E-state index < -0.39 is 0 Å². The molecule has 1 aliphatic heterocycles. The SMILES string of the molecule is NC1CCN(CC(=O)NCC2CCC2)CC1. The third kappa shape index (κ3) is 3.46. The van der Waals surface area contributed by atoms with E-state index in [2.05, 4.69) is 10.2 Å². The van der Waals surface area contributed by atoms with Gasteiger partial charge in [0.2, 0.25) is 5.91 Å². The predicted molar refractivity (Wildman–Crippen MR) is 64.0 cm³/mol. The number of carbonyl (C=O) groups excluding carboxylic acids is 1. The summed E-state index contributed by atoms with van der Waals surface area (Å²) in [7, 11) is 0. The van der Waals surface area contributed by atoms with Gasteiger partial charge in [-0.3, -0.25) is 9.69 Å². The highest BCUT2D eigenvalue weighted by atomic mass is 16.2. The second-order valence-corrected chi connectivity index (χ2v) is 5.21. The Morgan fingerprint density at radius 1 is 1.25 bits per heavy atom. The van der Waals surface area contributed by atoms with Crippen LogP contribution >= 0.6 is 0 Å². The highest BCUT2D eigenvalue weighted by Crippen LogP contribution is 2.25. The average Bonchev–Trinajstić information content (AvgIpc) is 2.19. The van der Waals surface area contributed by atoms with E-state index in [-0.39, 0.29) is 5.91 Å². The zero-order chi connectivity index (χ0) is 11.4. The number of amides is 1. The molecule has 0 atom stereocenters. The molecule has 0 aromatic heterocycles. The minimum absolute atomic E-state index is 0.183. The number of nitrogens with zero attached hydrogens (tertiary/aromatic N) is 1. The minimum atomic E-state index is 0.183. The Balaban J connectivity index is 1.58. The molecule has 92 valence electrons. The molecule has 1 aliphatic carbocycles. The molecule has 4 heteroatoms. The van der Waals surface area contributed by atoms with Crippen LogP contribution in [0.3, 0.4) is 0 Å². The summed E-state index contributed by atoms with van der Waals surface area (Å²) in [5.74, 6) is 0.932. The van der Waals surface area contributed by atoms with Gasteiger partial charge in [0.15, 0.2) is 0 Å². The van der Waals surface area contributed by atoms with E-state index in [1.165, 1.54) is 19.3 Å². The molecule has 1 amide bonds. The number of nitrogens with one attached hydrogen (secondary N) is 1. The first-order chi connectivity index (χ1) is 7.74. The summed E-state index contributed by atoms with van der Waals surface area (Å²) in [5, 5.41) is 3.03. The van der Waals surface area contributed by atoms with Crippen LogP contribution in [0, 0.1) is 5.92 Å². The molecule has 2 fully saturated rings. The van der Waals surface area contributed by atoms with Crippen LogP contribution < -0.4 is 11.1 Å². The fourth-order valence-electron chi connectivity index (χ4n) is 2.33. The molecule has 2 rings (SSSR count). The zero-order valence-electron chi connectivity index (χ0n) is 9.95. The van der Waals surface area contributed by atoms with Crippen LogP contribution in [0.25, 0.3) is 0 Å². The van der Waals surface area contributed by atoms with Gasteiger partial charge in [-0.2, -0.15) is 0 Å². The number of likely N-dealkylation sites (tertiary alicyclic amines) is 1. The minimum Gasteiger partial charge on any atom is -0.355 e. The van der Waals surface area contributed by atoms with Crippen molar-refractivity contribution < 1.29 is 4.79 Å². The van der Waals surface area contributed by atoms with Crippen molar-refractivity contribution in [3.8, 4) is 0 Å². The monoisotopic (exact) mass is 225 g/mol. The first-order valence-corrected chi connectivity index (χ1v) is 6.48. The van der Waals surface area contributed by atoms with Gasteiger partial charge < -0.3 is 11.1 Å². The van der Waals surface area contributed by atoms with E-state index in [1.807, 2.05) is 0 Å². The Morgan fingerprint density at radius 3 is 2.50 bits per heavy atom. The van der Waals surface area contributed by atoms with Crippen molar-refractivity contribution in [3.05, 3.63) is 0 Å². The number of rotatable bonds is 4. The number of hydrogen-bond acceptors (Lipinski definition) is 3. The van der Waals surface area contributed by atoms with Gasteiger partial charge in [-0.25, -0.2) is 0 Å². The van der Waals surface area contributed by atoms with Crippen molar-refractivity contribution in [1.82, 2.24) is 10.2 Å². The number of hydrogen-bond donors (Lipinski definition) is 2. The van der Waals surface area contributed by atoms with Gasteiger partial charge in [-0.05, 0) is 31.6 Å². The topological polar surface area (TPSA) is 58.4 Å². The van der Waals surface area contributed by atoms with Crippen LogP contribution in [0.5, 0.6) is 0 Å². The van der Waals surface area contributed by atoms with E-state index in [0.717, 1.165) is 38.4 Å². The van der Waals surface area contributed by atoms with E-state index in [9.17, 15) is 4.79 Å². The maximum atomic E-state index is 11.7. The van der Waals surface area contributed by atoms with Crippen molar-refractivity contribution in [2.24, 2.45) is 11.7 Å². The van der Waals surface area contributed by atoms with Gasteiger partial charge >= 0.3 is 0 Å². The molecule has 3 N–H and O–H groups in total. The largest absolute Gasteiger partial charge is 0.355 e. The summed E-state index contributed by atoms with van der Waals surface area (Å²) >= 11 is 0. The summed E-state index contributed by atoms with van der Waals surface area (Å²) in [6, 6.07) is 0.342. The second kappa shape index (κ2) is 5.64. The van der Waals surface area contributed by atoms with Crippen molar-refractivity contribution in [2.45, 2.75) is 38.1 Å². The predicted octanol–water partition coefficient (Wildman–Crippen LogP) is 0.326. The molecule has 0 unspecified atom stereocenters. The lowest BCUT2D eigenvalue weighted by molar-refractivity contribution is -0.122. The first kappa shape index (κ1) is 11.9. The van der Waals surface area contributed by atoms with Gasteiger partial charge in [0.25, 0.3) is 0 Å². The Hall–Kier alpha value is -0.610. The molecule has 1 saturated carbocycles. The van der Waals surface area contributed by atoms with Crippen LogP contribution in [0.1, 0.15) is 32.1 Å². The molecule has 1 heterocycles. The lowest BCUT2D eigenvalue weighted by Crippen LogP contribution is -2.45. The number of carbonyl (C=O) groups is 1. The summed E-state index contributed by atoms with van der Waals surface area (Å²) in [6.07, 6.45) is 5.97. The van der Waals surface area contributed by atoms with Crippen LogP contribution in [-0.2, 0) is 4.79 Å². The van der Waals surface area contributed by atoms with Crippen LogP contribution in [-0.4, -0.2) is 43.0 Å². The number of nitrogens with two attached hydrogens (primary N) is 1. The molecule has 16 heavy (non-hydrogen) atoms. The van der Waals surface area contributed by atoms with E-state index >= 15 is 0 Å². The first-order valence-electron chi connectivity index (χ1n) is 6.48. The van der Waals surface area contributed by atoms with Gasteiger partial charge in [-0.15, -0.1) is 0 Å². The van der Waals surface area contributed by atoms with Gasteiger partial charge in [0, 0.05) is 25.7 Å². The van der Waals surface area contributed by atoms with E-state index in [4.69, 9.17) is 5.73 Å². The third-order valence-corrected chi connectivity index (χ3v) is 3.81. The van der Waals surface area contributed by atoms with Gasteiger partial charge in [0.1, 0.15) is 0 Å².